The second kappa shape index (κ2) is 18.0. The Labute approximate surface area is 468 Å². The fraction of sp³-hybridized carbons (Fsp3) is 0.351. The molecule has 394 valence electrons. The highest BCUT2D eigenvalue weighted by molar-refractivity contribution is 7.00. The summed E-state index contributed by atoms with van der Waals surface area (Å²) in [5.74, 6) is 0.331. The van der Waals surface area contributed by atoms with Gasteiger partial charge in [-0.1, -0.05) is 206 Å². The van der Waals surface area contributed by atoms with E-state index in [-0.39, 0.29) is 39.3 Å². The van der Waals surface area contributed by atoms with Gasteiger partial charge in [-0.15, -0.1) is 0 Å². The summed E-state index contributed by atoms with van der Waals surface area (Å²) in [6.45, 7) is 35.5. The lowest BCUT2D eigenvalue weighted by Crippen LogP contribution is -2.61. The molecule has 78 heavy (non-hydrogen) atoms. The van der Waals surface area contributed by atoms with E-state index in [1.54, 1.807) is 0 Å². The van der Waals surface area contributed by atoms with Crippen LogP contribution in [0.15, 0.2) is 169 Å². The monoisotopic (exact) mass is 1020 g/mol. The van der Waals surface area contributed by atoms with Gasteiger partial charge in [-0.2, -0.15) is 0 Å². The van der Waals surface area contributed by atoms with Crippen molar-refractivity contribution < 1.29 is 0 Å². The molecule has 7 aromatic carbocycles. The molecule has 1 fully saturated rings. The smallest absolute Gasteiger partial charge is 0.252 e. The number of allylic oxidation sites excluding steroid dienone is 4. The summed E-state index contributed by atoms with van der Waals surface area (Å²) in [5, 5.41) is 0. The van der Waals surface area contributed by atoms with Gasteiger partial charge in [-0.3, -0.25) is 0 Å². The summed E-state index contributed by atoms with van der Waals surface area (Å²) in [6.07, 6.45) is 10.9. The van der Waals surface area contributed by atoms with Crippen molar-refractivity contribution in [1.82, 2.24) is 0 Å². The third-order valence-corrected chi connectivity index (χ3v) is 18.6. The van der Waals surface area contributed by atoms with E-state index < -0.39 is 0 Å². The van der Waals surface area contributed by atoms with Crippen molar-refractivity contribution in [3.8, 4) is 0 Å². The van der Waals surface area contributed by atoms with Crippen LogP contribution in [0.3, 0.4) is 0 Å². The molecule has 5 aliphatic rings. The minimum absolute atomic E-state index is 0.0185. The molecule has 0 aromatic heterocycles. The molecule has 0 amide bonds. The molecule has 1 saturated carbocycles. The molecule has 0 spiro atoms. The van der Waals surface area contributed by atoms with Crippen LogP contribution in [0.2, 0.25) is 0 Å². The van der Waals surface area contributed by atoms with Crippen LogP contribution in [0.25, 0.3) is 5.57 Å². The number of nitrogens with zero attached hydrogens (tertiary/aromatic N) is 3. The first-order valence-corrected chi connectivity index (χ1v) is 29.1. The molecule has 2 atom stereocenters. The molecule has 3 aliphatic heterocycles. The maximum atomic E-state index is 3.37. The number of fused-ring (bicyclic) bond motifs is 7. The Morgan fingerprint density at radius 2 is 1.09 bits per heavy atom. The van der Waals surface area contributed by atoms with E-state index in [1.807, 2.05) is 6.08 Å². The SMILES string of the molecule is CC(C)c1ccc2c(c1)N(c1ccc(C(C)(C)C)cc1C1=CC=C=C=C1)c1cc(N3c4ccc(C(C)(C)C)cc4C4(c5ccccc5)CCCCC34C)cc3c1B2c1ccc(C(C)(C)C)cc1N3c1cccc(C(C)(C)C)c1. The summed E-state index contributed by atoms with van der Waals surface area (Å²) in [6, 6.07) is 56.0. The van der Waals surface area contributed by atoms with Crippen LogP contribution >= 0.6 is 0 Å². The molecule has 0 bridgehead atoms. The largest absolute Gasteiger partial charge is 0.334 e. The Bertz CT molecular complexity index is 3720. The normalized spacial score (nSPS) is 19.4. The topological polar surface area (TPSA) is 9.72 Å². The zero-order valence-corrected chi connectivity index (χ0v) is 49.3. The van der Waals surface area contributed by atoms with Gasteiger partial charge in [-0.05, 0) is 181 Å². The predicted octanol–water partition coefficient (Wildman–Crippen LogP) is 18.1. The molecule has 2 unspecified atom stereocenters. The molecule has 2 aliphatic carbocycles. The molecule has 0 N–H and O–H groups in total. The molecule has 4 heteroatoms. The molecule has 7 aromatic rings. The summed E-state index contributed by atoms with van der Waals surface area (Å²) in [7, 11) is 0. The van der Waals surface area contributed by atoms with E-state index in [4.69, 9.17) is 0 Å². The van der Waals surface area contributed by atoms with Gasteiger partial charge in [0.2, 0.25) is 0 Å². The van der Waals surface area contributed by atoms with E-state index in [9.17, 15) is 0 Å². The first kappa shape index (κ1) is 51.8. The minimum atomic E-state index is -0.299. The van der Waals surface area contributed by atoms with Gasteiger partial charge in [0.15, 0.2) is 0 Å². The van der Waals surface area contributed by atoms with E-state index in [0.717, 1.165) is 24.1 Å². The fourth-order valence-electron chi connectivity index (χ4n) is 14.2. The molecular formula is C74H80BN3. The zero-order valence-electron chi connectivity index (χ0n) is 49.3. The maximum Gasteiger partial charge on any atom is 0.252 e. The highest BCUT2D eigenvalue weighted by Crippen LogP contribution is 2.65. The van der Waals surface area contributed by atoms with Gasteiger partial charge in [0.25, 0.3) is 6.71 Å². The summed E-state index contributed by atoms with van der Waals surface area (Å²) in [5.41, 5.74) is 31.6. The first-order chi connectivity index (χ1) is 36.9. The number of rotatable bonds is 6. The van der Waals surface area contributed by atoms with Gasteiger partial charge in [0.1, 0.15) is 0 Å². The van der Waals surface area contributed by atoms with Gasteiger partial charge < -0.3 is 14.7 Å². The maximum absolute atomic E-state index is 3.37. The Morgan fingerprint density at radius 3 is 1.74 bits per heavy atom. The van der Waals surface area contributed by atoms with Gasteiger partial charge in [0, 0.05) is 50.8 Å². The molecule has 12 rings (SSSR count). The van der Waals surface area contributed by atoms with Crippen LogP contribution < -0.4 is 31.1 Å². The lowest BCUT2D eigenvalue weighted by atomic mass is 9.33. The molecule has 0 radical (unpaired) electrons. The third kappa shape index (κ3) is 8.07. The fourth-order valence-corrected chi connectivity index (χ4v) is 14.2. The van der Waals surface area contributed by atoms with Gasteiger partial charge >= 0.3 is 0 Å². The Morgan fingerprint density at radius 1 is 0.500 bits per heavy atom. The van der Waals surface area contributed by atoms with Gasteiger partial charge in [0.05, 0.1) is 11.2 Å². The molecule has 3 heterocycles. The lowest BCUT2D eigenvalue weighted by molar-refractivity contribution is 0.215. The quantitative estimate of drug-likeness (QED) is 0.121. The average Bonchev–Trinajstić information content (AvgIpc) is 2.80. The molecular weight excluding hydrogens is 942 g/mol. The van der Waals surface area contributed by atoms with Crippen LogP contribution in [0.5, 0.6) is 0 Å². The van der Waals surface area contributed by atoms with Crippen molar-refractivity contribution in [2.75, 3.05) is 14.7 Å². The van der Waals surface area contributed by atoms with Crippen molar-refractivity contribution in [3.05, 3.63) is 214 Å². The predicted molar refractivity (Wildman–Crippen MR) is 336 cm³/mol. The van der Waals surface area contributed by atoms with Crippen LogP contribution in [-0.2, 0) is 27.1 Å². The average molecular weight is 1020 g/mol. The van der Waals surface area contributed by atoms with Crippen molar-refractivity contribution in [3.63, 3.8) is 0 Å². The third-order valence-electron chi connectivity index (χ3n) is 18.6. The van der Waals surface area contributed by atoms with Crippen LogP contribution in [0.4, 0.5) is 45.5 Å². The van der Waals surface area contributed by atoms with E-state index in [2.05, 4.69) is 282 Å². The van der Waals surface area contributed by atoms with Crippen molar-refractivity contribution in [2.24, 2.45) is 0 Å². The zero-order chi connectivity index (χ0) is 55.1. The molecule has 0 saturated heterocycles. The van der Waals surface area contributed by atoms with Gasteiger partial charge in [-0.25, -0.2) is 0 Å². The minimum Gasteiger partial charge on any atom is -0.334 e. The second-order valence-corrected chi connectivity index (χ2v) is 28.1. The van der Waals surface area contributed by atoms with Crippen molar-refractivity contribution >= 4 is 74.2 Å². The Kier molecular flexibility index (Phi) is 12.0. The van der Waals surface area contributed by atoms with Crippen LogP contribution in [-0.4, -0.2) is 12.3 Å². The lowest BCUT2D eigenvalue weighted by Gasteiger charge is -2.53. The number of benzene rings is 7. The summed E-state index contributed by atoms with van der Waals surface area (Å²) < 4.78 is 0. The Balaban J connectivity index is 1.25. The highest BCUT2D eigenvalue weighted by Gasteiger charge is 2.61. The second-order valence-electron chi connectivity index (χ2n) is 28.1. The van der Waals surface area contributed by atoms with Crippen molar-refractivity contribution in [2.45, 2.75) is 168 Å². The Hall–Kier alpha value is -6.96. The first-order valence-electron chi connectivity index (χ1n) is 29.1. The van der Waals surface area contributed by atoms with Crippen LogP contribution in [0, 0.1) is 0 Å². The van der Waals surface area contributed by atoms with E-state index in [1.165, 1.54) is 114 Å². The van der Waals surface area contributed by atoms with Crippen molar-refractivity contribution in [1.29, 1.82) is 0 Å². The standard InChI is InChI=1S/C74H80BN3/c1-48(2)50-31-35-60-64(41-50)77(62-37-33-53(70(6,7)8)43-58(62)49-25-18-16-19-26-49)67-47-57(78-63-38-34-54(71(9,10)11)44-59(63)74(51-27-20-17-21-28-51)40-23-22-39-73(74,78)15)46-66-68(67)75(60)61-36-32-55(72(12,13)14)45-65(61)76(66)56-30-24-29-52(42-56)69(3,4)5/h17-18,20-21,24-38,41-48H,22-23,39-40H2,1-15H3. The summed E-state index contributed by atoms with van der Waals surface area (Å²) in [4.78, 5) is 8.20. The van der Waals surface area contributed by atoms with E-state index >= 15 is 0 Å². The number of hydrogen-bond acceptors (Lipinski definition) is 3. The van der Waals surface area contributed by atoms with Crippen LogP contribution in [0.1, 0.15) is 180 Å². The van der Waals surface area contributed by atoms with E-state index in [0.29, 0.717) is 5.92 Å². The summed E-state index contributed by atoms with van der Waals surface area (Å²) >= 11 is 0. The highest BCUT2D eigenvalue weighted by atomic mass is 15.3. The number of anilines is 8. The number of hydrogen-bond donors (Lipinski definition) is 0. The molecule has 3 nitrogen and oxygen atoms in total.